The average Bonchev–Trinajstić information content (AvgIpc) is 2.66. The SMILES string of the molecule is COc1cc2ccccc2cc1C(=O)NCC(=O)Nc1ccccc1Br. The van der Waals surface area contributed by atoms with Crippen LogP contribution in [0.5, 0.6) is 5.75 Å². The number of carbonyl (C=O) groups is 2. The fourth-order valence-corrected chi connectivity index (χ4v) is 2.96. The molecule has 0 heterocycles. The molecule has 2 amide bonds. The molecule has 0 fully saturated rings. The largest absolute Gasteiger partial charge is 0.496 e. The second kappa shape index (κ2) is 8.01. The van der Waals surface area contributed by atoms with E-state index < -0.39 is 0 Å². The van der Waals surface area contributed by atoms with Gasteiger partial charge in [0.15, 0.2) is 0 Å². The van der Waals surface area contributed by atoms with Gasteiger partial charge in [-0.05, 0) is 51.0 Å². The maximum absolute atomic E-state index is 12.5. The van der Waals surface area contributed by atoms with E-state index in [1.807, 2.05) is 48.5 Å². The molecular weight excluding hydrogens is 396 g/mol. The lowest BCUT2D eigenvalue weighted by Crippen LogP contribution is -2.33. The molecule has 0 saturated carbocycles. The van der Waals surface area contributed by atoms with Crippen molar-refractivity contribution < 1.29 is 14.3 Å². The van der Waals surface area contributed by atoms with E-state index >= 15 is 0 Å². The maximum atomic E-state index is 12.5. The highest BCUT2D eigenvalue weighted by atomic mass is 79.9. The number of benzene rings is 3. The standard InChI is InChI=1S/C20H17BrN2O3/c1-26-18-11-14-7-3-2-6-13(14)10-15(18)20(25)22-12-19(24)23-17-9-5-4-8-16(17)21/h2-11H,12H2,1H3,(H,22,25)(H,23,24). The summed E-state index contributed by atoms with van der Waals surface area (Å²) >= 11 is 3.36. The Bertz CT molecular complexity index is 972. The topological polar surface area (TPSA) is 67.4 Å². The van der Waals surface area contributed by atoms with Gasteiger partial charge in [-0.1, -0.05) is 36.4 Å². The maximum Gasteiger partial charge on any atom is 0.255 e. The Hall–Kier alpha value is -2.86. The van der Waals surface area contributed by atoms with Crippen LogP contribution >= 0.6 is 15.9 Å². The van der Waals surface area contributed by atoms with Crippen molar-refractivity contribution in [3.05, 3.63) is 70.7 Å². The van der Waals surface area contributed by atoms with Crippen molar-refractivity contribution in [3.63, 3.8) is 0 Å². The summed E-state index contributed by atoms with van der Waals surface area (Å²) in [6.45, 7) is -0.143. The van der Waals surface area contributed by atoms with Crippen LogP contribution in [0.1, 0.15) is 10.4 Å². The highest BCUT2D eigenvalue weighted by Crippen LogP contribution is 2.26. The highest BCUT2D eigenvalue weighted by Gasteiger charge is 2.15. The Morgan fingerprint density at radius 3 is 2.35 bits per heavy atom. The Morgan fingerprint density at radius 1 is 1.00 bits per heavy atom. The molecule has 3 rings (SSSR count). The molecule has 0 atom stereocenters. The van der Waals surface area contributed by atoms with Crippen LogP contribution in [0.15, 0.2) is 65.1 Å². The van der Waals surface area contributed by atoms with Gasteiger partial charge < -0.3 is 15.4 Å². The van der Waals surface area contributed by atoms with Crippen molar-refractivity contribution in [2.75, 3.05) is 19.0 Å². The van der Waals surface area contributed by atoms with E-state index in [9.17, 15) is 9.59 Å². The lowest BCUT2D eigenvalue weighted by Gasteiger charge is -2.11. The van der Waals surface area contributed by atoms with Crippen molar-refractivity contribution in [1.82, 2.24) is 5.32 Å². The van der Waals surface area contributed by atoms with Gasteiger partial charge in [-0.2, -0.15) is 0 Å². The molecule has 0 bridgehead atoms. The zero-order valence-electron chi connectivity index (χ0n) is 14.1. The lowest BCUT2D eigenvalue weighted by atomic mass is 10.1. The predicted octanol–water partition coefficient (Wildman–Crippen LogP) is 3.98. The Morgan fingerprint density at radius 2 is 1.65 bits per heavy atom. The third kappa shape index (κ3) is 4.03. The molecule has 6 heteroatoms. The molecule has 0 aliphatic carbocycles. The van der Waals surface area contributed by atoms with Crippen LogP contribution in [0, 0.1) is 0 Å². The third-order valence-corrected chi connectivity index (χ3v) is 4.56. The molecule has 3 aromatic carbocycles. The van der Waals surface area contributed by atoms with Crippen LogP contribution in [-0.2, 0) is 4.79 Å². The van der Waals surface area contributed by atoms with Crippen LogP contribution in [0.3, 0.4) is 0 Å². The number of hydrogen-bond acceptors (Lipinski definition) is 3. The van der Waals surface area contributed by atoms with Gasteiger partial charge in [0, 0.05) is 4.47 Å². The molecular formula is C20H17BrN2O3. The smallest absolute Gasteiger partial charge is 0.255 e. The first kappa shape index (κ1) is 17.9. The fraction of sp³-hybridized carbons (Fsp3) is 0.100. The van der Waals surface area contributed by atoms with Gasteiger partial charge in [0.05, 0.1) is 24.9 Å². The predicted molar refractivity (Wildman–Crippen MR) is 106 cm³/mol. The first-order chi connectivity index (χ1) is 12.6. The van der Waals surface area contributed by atoms with Crippen molar-refractivity contribution in [2.45, 2.75) is 0 Å². The Labute approximate surface area is 159 Å². The molecule has 0 aliphatic heterocycles. The summed E-state index contributed by atoms with van der Waals surface area (Å²) in [7, 11) is 1.51. The molecule has 0 unspecified atom stereocenters. The van der Waals surface area contributed by atoms with Crippen LogP contribution < -0.4 is 15.4 Å². The minimum Gasteiger partial charge on any atom is -0.496 e. The van der Waals surface area contributed by atoms with E-state index in [0.717, 1.165) is 15.2 Å². The molecule has 2 N–H and O–H groups in total. The first-order valence-electron chi connectivity index (χ1n) is 7.98. The molecule has 132 valence electrons. The number of para-hydroxylation sites is 1. The number of anilines is 1. The summed E-state index contributed by atoms with van der Waals surface area (Å²) in [6, 6.07) is 18.5. The van der Waals surface area contributed by atoms with Crippen molar-refractivity contribution >= 4 is 44.2 Å². The molecule has 0 aliphatic rings. The van der Waals surface area contributed by atoms with Crippen molar-refractivity contribution in [1.29, 1.82) is 0 Å². The van der Waals surface area contributed by atoms with Crippen LogP contribution in [-0.4, -0.2) is 25.5 Å². The molecule has 0 spiro atoms. The second-order valence-electron chi connectivity index (χ2n) is 5.61. The summed E-state index contributed by atoms with van der Waals surface area (Å²) in [4.78, 5) is 24.6. The molecule has 0 aromatic heterocycles. The van der Waals surface area contributed by atoms with E-state index in [0.29, 0.717) is 17.0 Å². The zero-order valence-corrected chi connectivity index (χ0v) is 15.7. The number of nitrogens with one attached hydrogen (secondary N) is 2. The van der Waals surface area contributed by atoms with Crippen molar-refractivity contribution in [2.24, 2.45) is 0 Å². The minimum atomic E-state index is -0.366. The molecule has 0 radical (unpaired) electrons. The number of halogens is 1. The van der Waals surface area contributed by atoms with Gasteiger partial charge >= 0.3 is 0 Å². The second-order valence-corrected chi connectivity index (χ2v) is 6.46. The fourth-order valence-electron chi connectivity index (χ4n) is 2.58. The summed E-state index contributed by atoms with van der Waals surface area (Å²) in [5.74, 6) is -0.215. The first-order valence-corrected chi connectivity index (χ1v) is 8.77. The van der Waals surface area contributed by atoms with E-state index in [-0.39, 0.29) is 18.4 Å². The number of carbonyl (C=O) groups excluding carboxylic acids is 2. The van der Waals surface area contributed by atoms with Gasteiger partial charge in [0.2, 0.25) is 5.91 Å². The molecule has 0 saturated heterocycles. The highest BCUT2D eigenvalue weighted by molar-refractivity contribution is 9.10. The lowest BCUT2D eigenvalue weighted by molar-refractivity contribution is -0.115. The Kier molecular flexibility index (Phi) is 5.53. The minimum absolute atomic E-state index is 0.143. The summed E-state index contributed by atoms with van der Waals surface area (Å²) in [5, 5.41) is 7.28. The number of ether oxygens (including phenoxy) is 1. The third-order valence-electron chi connectivity index (χ3n) is 3.87. The number of hydrogen-bond donors (Lipinski definition) is 2. The summed E-state index contributed by atoms with van der Waals surface area (Å²) in [5.41, 5.74) is 1.04. The van der Waals surface area contributed by atoms with Gasteiger partial charge in [0.25, 0.3) is 5.91 Å². The van der Waals surface area contributed by atoms with E-state index in [4.69, 9.17) is 4.74 Å². The zero-order chi connectivity index (χ0) is 18.5. The number of fused-ring (bicyclic) bond motifs is 1. The quantitative estimate of drug-likeness (QED) is 0.665. The van der Waals surface area contributed by atoms with E-state index in [2.05, 4.69) is 26.6 Å². The normalized spacial score (nSPS) is 10.4. The van der Waals surface area contributed by atoms with Crippen LogP contribution in [0.25, 0.3) is 10.8 Å². The van der Waals surface area contributed by atoms with Crippen LogP contribution in [0.2, 0.25) is 0 Å². The molecule has 26 heavy (non-hydrogen) atoms. The number of methoxy groups -OCH3 is 1. The van der Waals surface area contributed by atoms with E-state index in [1.54, 1.807) is 12.1 Å². The average molecular weight is 413 g/mol. The van der Waals surface area contributed by atoms with Crippen molar-refractivity contribution in [3.8, 4) is 5.75 Å². The molecule has 3 aromatic rings. The van der Waals surface area contributed by atoms with E-state index in [1.165, 1.54) is 7.11 Å². The van der Waals surface area contributed by atoms with Crippen LogP contribution in [0.4, 0.5) is 5.69 Å². The summed E-state index contributed by atoms with van der Waals surface area (Å²) in [6.07, 6.45) is 0. The van der Waals surface area contributed by atoms with Gasteiger partial charge in [0.1, 0.15) is 5.75 Å². The number of rotatable bonds is 5. The Balaban J connectivity index is 1.71. The van der Waals surface area contributed by atoms with Gasteiger partial charge in [-0.15, -0.1) is 0 Å². The van der Waals surface area contributed by atoms with Gasteiger partial charge in [-0.25, -0.2) is 0 Å². The monoisotopic (exact) mass is 412 g/mol. The molecule has 5 nitrogen and oxygen atoms in total. The summed E-state index contributed by atoms with van der Waals surface area (Å²) < 4.78 is 6.10. The number of amides is 2. The van der Waals surface area contributed by atoms with Gasteiger partial charge in [-0.3, -0.25) is 9.59 Å².